The highest BCUT2D eigenvalue weighted by Crippen LogP contribution is 2.22. The first-order valence-corrected chi connectivity index (χ1v) is 9.48. The van der Waals surface area contributed by atoms with Crippen molar-refractivity contribution in [1.82, 2.24) is 9.80 Å². The second-order valence-corrected chi connectivity index (χ2v) is 7.33. The first-order chi connectivity index (χ1) is 12.1. The van der Waals surface area contributed by atoms with Crippen LogP contribution >= 0.6 is 0 Å². The van der Waals surface area contributed by atoms with E-state index in [2.05, 4.69) is 42.6 Å². The molecule has 140 valence electrons. The lowest BCUT2D eigenvalue weighted by molar-refractivity contribution is 0.0561. The minimum atomic E-state index is -0.459. The number of likely N-dealkylation sites (N-methyl/N-ethyl adjacent to an activating group) is 2. The van der Waals surface area contributed by atoms with E-state index in [1.807, 2.05) is 18.2 Å². The van der Waals surface area contributed by atoms with E-state index in [-0.39, 0.29) is 0 Å². The van der Waals surface area contributed by atoms with Crippen molar-refractivity contribution in [3.63, 3.8) is 0 Å². The standard InChI is InChI=1S/C21H34N2O2/c1-4-13-22(2)15-18-9-8-12-21(14-18)25-17-20(24)16-23(3)19-10-6-5-7-11-19/h4,8-9,12,14,19-20,24H,1,5-7,10-11,13,15-17H2,2-3H3/t20-/m0/s1. The summed E-state index contributed by atoms with van der Waals surface area (Å²) in [7, 11) is 4.19. The van der Waals surface area contributed by atoms with E-state index in [1.54, 1.807) is 0 Å². The van der Waals surface area contributed by atoms with Gasteiger partial charge < -0.3 is 14.7 Å². The molecule has 0 radical (unpaired) electrons. The minimum Gasteiger partial charge on any atom is -0.491 e. The second-order valence-electron chi connectivity index (χ2n) is 7.33. The molecule has 0 saturated heterocycles. The molecule has 0 aromatic heterocycles. The molecule has 0 unspecified atom stereocenters. The Morgan fingerprint density at radius 2 is 2.04 bits per heavy atom. The Morgan fingerprint density at radius 3 is 2.76 bits per heavy atom. The molecule has 4 heteroatoms. The fraction of sp³-hybridized carbons (Fsp3) is 0.619. The quantitative estimate of drug-likeness (QED) is 0.660. The molecule has 2 rings (SSSR count). The summed E-state index contributed by atoms with van der Waals surface area (Å²) in [4.78, 5) is 4.49. The zero-order valence-electron chi connectivity index (χ0n) is 15.9. The van der Waals surface area contributed by atoms with Gasteiger partial charge in [-0.3, -0.25) is 4.90 Å². The van der Waals surface area contributed by atoms with Crippen molar-refractivity contribution >= 4 is 0 Å². The van der Waals surface area contributed by atoms with Gasteiger partial charge in [0, 0.05) is 25.7 Å². The molecule has 1 fully saturated rings. The third kappa shape index (κ3) is 7.18. The van der Waals surface area contributed by atoms with Crippen LogP contribution in [0.4, 0.5) is 0 Å². The minimum absolute atomic E-state index is 0.336. The van der Waals surface area contributed by atoms with Crippen LogP contribution in [0, 0.1) is 0 Å². The number of ether oxygens (including phenoxy) is 1. The summed E-state index contributed by atoms with van der Waals surface area (Å²) >= 11 is 0. The Balaban J connectivity index is 1.76. The maximum atomic E-state index is 10.3. The van der Waals surface area contributed by atoms with E-state index in [4.69, 9.17) is 4.74 Å². The molecule has 0 amide bonds. The molecule has 1 atom stereocenters. The topological polar surface area (TPSA) is 35.9 Å². The van der Waals surface area contributed by atoms with Gasteiger partial charge in [0.15, 0.2) is 0 Å². The van der Waals surface area contributed by atoms with Crippen molar-refractivity contribution in [2.45, 2.75) is 50.8 Å². The van der Waals surface area contributed by atoms with Crippen LogP contribution in [0.15, 0.2) is 36.9 Å². The lowest BCUT2D eigenvalue weighted by Gasteiger charge is -2.32. The molecule has 1 aromatic rings. The molecule has 1 aliphatic carbocycles. The molecule has 0 spiro atoms. The molecule has 1 aromatic carbocycles. The Labute approximate surface area is 153 Å². The number of benzene rings is 1. The van der Waals surface area contributed by atoms with Crippen molar-refractivity contribution in [3.05, 3.63) is 42.5 Å². The van der Waals surface area contributed by atoms with Gasteiger partial charge in [0.05, 0.1) is 0 Å². The zero-order valence-corrected chi connectivity index (χ0v) is 15.9. The highest BCUT2D eigenvalue weighted by atomic mass is 16.5. The summed E-state index contributed by atoms with van der Waals surface area (Å²) in [6.07, 6.45) is 7.94. The van der Waals surface area contributed by atoms with Crippen LogP contribution in [0.5, 0.6) is 5.75 Å². The van der Waals surface area contributed by atoms with Crippen LogP contribution < -0.4 is 4.74 Å². The largest absolute Gasteiger partial charge is 0.491 e. The van der Waals surface area contributed by atoms with Crippen LogP contribution in [0.25, 0.3) is 0 Å². The van der Waals surface area contributed by atoms with Crippen LogP contribution in [-0.2, 0) is 6.54 Å². The molecule has 4 nitrogen and oxygen atoms in total. The predicted molar refractivity (Wildman–Crippen MR) is 104 cm³/mol. The highest BCUT2D eigenvalue weighted by molar-refractivity contribution is 5.28. The lowest BCUT2D eigenvalue weighted by atomic mass is 9.94. The van der Waals surface area contributed by atoms with Crippen LogP contribution in [0.3, 0.4) is 0 Å². The van der Waals surface area contributed by atoms with Gasteiger partial charge in [0.25, 0.3) is 0 Å². The first kappa shape index (κ1) is 20.0. The summed E-state index contributed by atoms with van der Waals surface area (Å²) in [5.41, 5.74) is 1.20. The third-order valence-corrected chi connectivity index (χ3v) is 4.93. The van der Waals surface area contributed by atoms with Crippen molar-refractivity contribution in [2.75, 3.05) is 33.8 Å². The van der Waals surface area contributed by atoms with Crippen LogP contribution in [0.2, 0.25) is 0 Å². The Kier molecular flexibility index (Phi) is 8.45. The summed E-state index contributed by atoms with van der Waals surface area (Å²) in [6.45, 7) is 6.49. The van der Waals surface area contributed by atoms with Crippen molar-refractivity contribution in [3.8, 4) is 5.75 Å². The molecule has 0 heterocycles. The molecular weight excluding hydrogens is 312 g/mol. The third-order valence-electron chi connectivity index (χ3n) is 4.93. The summed E-state index contributed by atoms with van der Waals surface area (Å²) in [5.74, 6) is 0.823. The van der Waals surface area contributed by atoms with Crippen molar-refractivity contribution < 1.29 is 9.84 Å². The van der Waals surface area contributed by atoms with Gasteiger partial charge in [0.2, 0.25) is 0 Å². The smallest absolute Gasteiger partial charge is 0.119 e. The molecule has 25 heavy (non-hydrogen) atoms. The molecule has 1 N–H and O–H groups in total. The van der Waals surface area contributed by atoms with Gasteiger partial charge in [0.1, 0.15) is 18.5 Å². The molecule has 1 saturated carbocycles. The number of hydrogen-bond acceptors (Lipinski definition) is 4. The van der Waals surface area contributed by atoms with E-state index in [0.29, 0.717) is 19.2 Å². The van der Waals surface area contributed by atoms with Crippen molar-refractivity contribution in [1.29, 1.82) is 0 Å². The first-order valence-electron chi connectivity index (χ1n) is 9.48. The highest BCUT2D eigenvalue weighted by Gasteiger charge is 2.20. The van der Waals surface area contributed by atoms with Gasteiger partial charge in [-0.15, -0.1) is 6.58 Å². The van der Waals surface area contributed by atoms with Gasteiger partial charge in [-0.1, -0.05) is 37.5 Å². The number of rotatable bonds is 10. The molecule has 0 bridgehead atoms. The van der Waals surface area contributed by atoms with Gasteiger partial charge in [-0.05, 0) is 44.6 Å². The van der Waals surface area contributed by atoms with Gasteiger partial charge in [-0.2, -0.15) is 0 Å². The summed E-state index contributed by atoms with van der Waals surface area (Å²) in [5, 5.41) is 10.3. The van der Waals surface area contributed by atoms with Crippen LogP contribution in [-0.4, -0.2) is 60.8 Å². The maximum absolute atomic E-state index is 10.3. The Morgan fingerprint density at radius 1 is 1.28 bits per heavy atom. The number of aliphatic hydroxyl groups excluding tert-OH is 1. The normalized spacial score (nSPS) is 17.0. The van der Waals surface area contributed by atoms with E-state index in [9.17, 15) is 5.11 Å². The average Bonchev–Trinajstić information content (AvgIpc) is 2.61. The second kappa shape index (κ2) is 10.6. The van der Waals surface area contributed by atoms with E-state index < -0.39 is 6.10 Å². The lowest BCUT2D eigenvalue weighted by Crippen LogP contribution is -2.40. The Hall–Kier alpha value is -1.36. The fourth-order valence-corrected chi connectivity index (χ4v) is 3.58. The van der Waals surface area contributed by atoms with Gasteiger partial charge >= 0.3 is 0 Å². The van der Waals surface area contributed by atoms with E-state index >= 15 is 0 Å². The monoisotopic (exact) mass is 346 g/mol. The maximum Gasteiger partial charge on any atom is 0.119 e. The number of aliphatic hydroxyl groups is 1. The average molecular weight is 347 g/mol. The number of hydrogen-bond donors (Lipinski definition) is 1. The van der Waals surface area contributed by atoms with E-state index in [0.717, 1.165) is 18.8 Å². The summed E-state index contributed by atoms with van der Waals surface area (Å²) < 4.78 is 5.82. The number of nitrogens with zero attached hydrogens (tertiary/aromatic N) is 2. The van der Waals surface area contributed by atoms with Gasteiger partial charge in [-0.25, -0.2) is 0 Å². The SMILES string of the molecule is C=CCN(C)Cc1cccc(OC[C@@H](O)CN(C)C2CCCCC2)c1. The molecular formula is C21H34N2O2. The Bertz CT molecular complexity index is 514. The molecule has 0 aliphatic heterocycles. The zero-order chi connectivity index (χ0) is 18.1. The predicted octanol–water partition coefficient (Wildman–Crippen LogP) is 3.31. The van der Waals surface area contributed by atoms with Crippen LogP contribution in [0.1, 0.15) is 37.7 Å². The molecule has 1 aliphatic rings. The fourth-order valence-electron chi connectivity index (χ4n) is 3.58. The van der Waals surface area contributed by atoms with E-state index in [1.165, 1.54) is 37.7 Å². The van der Waals surface area contributed by atoms with Crippen molar-refractivity contribution in [2.24, 2.45) is 0 Å². The summed E-state index contributed by atoms with van der Waals surface area (Å²) in [6, 6.07) is 8.73.